The smallest absolute Gasteiger partial charge is 0.407 e. The molecule has 0 aromatic carbocycles. The zero-order valence-electron chi connectivity index (χ0n) is 11.6. The molecule has 1 atom stereocenters. The van der Waals surface area contributed by atoms with E-state index in [4.69, 9.17) is 4.74 Å². The van der Waals surface area contributed by atoms with E-state index in [-0.39, 0.29) is 11.7 Å². The summed E-state index contributed by atoms with van der Waals surface area (Å²) < 4.78 is 5.12. The minimum Gasteiger partial charge on any atom is -0.444 e. The fourth-order valence-corrected chi connectivity index (χ4v) is 1.26. The SMILES string of the molecule is CCC(=O)CCC(C)CNC(=O)OC(C)(C)C. The van der Waals surface area contributed by atoms with Crippen LogP contribution in [0.3, 0.4) is 0 Å². The molecule has 0 aliphatic rings. The van der Waals surface area contributed by atoms with Crippen molar-refractivity contribution in [2.75, 3.05) is 6.54 Å². The first kappa shape index (κ1) is 15.9. The molecule has 17 heavy (non-hydrogen) atoms. The molecule has 0 rings (SSSR count). The number of hydrogen-bond acceptors (Lipinski definition) is 3. The standard InChI is InChI=1S/C13H25NO3/c1-6-11(15)8-7-10(2)9-14-12(16)17-13(3,4)5/h10H,6-9H2,1-5H3,(H,14,16). The highest BCUT2D eigenvalue weighted by Gasteiger charge is 2.16. The lowest BCUT2D eigenvalue weighted by Gasteiger charge is -2.20. The van der Waals surface area contributed by atoms with Crippen molar-refractivity contribution in [3.8, 4) is 0 Å². The normalized spacial score (nSPS) is 13.0. The molecule has 0 saturated heterocycles. The van der Waals surface area contributed by atoms with Crippen LogP contribution in [0.4, 0.5) is 4.79 Å². The first-order valence-electron chi connectivity index (χ1n) is 6.23. The summed E-state index contributed by atoms with van der Waals surface area (Å²) in [5, 5.41) is 2.71. The predicted octanol–water partition coefficient (Wildman–Crippen LogP) is 2.91. The maximum atomic E-state index is 11.4. The fourth-order valence-electron chi connectivity index (χ4n) is 1.26. The lowest BCUT2D eigenvalue weighted by atomic mass is 10.0. The highest BCUT2D eigenvalue weighted by Crippen LogP contribution is 2.08. The minimum absolute atomic E-state index is 0.272. The molecule has 0 saturated carbocycles. The lowest BCUT2D eigenvalue weighted by Crippen LogP contribution is -2.34. The molecule has 0 spiro atoms. The van der Waals surface area contributed by atoms with Gasteiger partial charge in [-0.25, -0.2) is 4.79 Å². The molecule has 0 bridgehead atoms. The Kier molecular flexibility index (Phi) is 6.85. The predicted molar refractivity (Wildman–Crippen MR) is 67.9 cm³/mol. The van der Waals surface area contributed by atoms with Crippen molar-refractivity contribution in [1.82, 2.24) is 5.32 Å². The van der Waals surface area contributed by atoms with E-state index in [0.717, 1.165) is 6.42 Å². The Labute approximate surface area is 104 Å². The summed E-state index contributed by atoms with van der Waals surface area (Å²) in [4.78, 5) is 22.5. The Hall–Kier alpha value is -1.06. The largest absolute Gasteiger partial charge is 0.444 e. The molecule has 4 heteroatoms. The molecule has 0 aromatic heterocycles. The van der Waals surface area contributed by atoms with Crippen LogP contribution in [0.5, 0.6) is 0 Å². The van der Waals surface area contributed by atoms with Crippen LogP contribution < -0.4 is 5.32 Å². The number of nitrogens with one attached hydrogen (secondary N) is 1. The Morgan fingerprint density at radius 2 is 1.88 bits per heavy atom. The van der Waals surface area contributed by atoms with Crippen LogP contribution in [-0.2, 0) is 9.53 Å². The van der Waals surface area contributed by atoms with Gasteiger partial charge in [0.25, 0.3) is 0 Å². The lowest BCUT2D eigenvalue weighted by molar-refractivity contribution is -0.119. The Bertz CT molecular complexity index is 256. The number of hydrogen-bond donors (Lipinski definition) is 1. The molecule has 1 amide bonds. The number of ketones is 1. The second-order valence-corrected chi connectivity index (χ2v) is 5.42. The molecule has 0 fully saturated rings. The molecule has 0 aliphatic carbocycles. The van der Waals surface area contributed by atoms with Crippen LogP contribution in [0.1, 0.15) is 53.9 Å². The van der Waals surface area contributed by atoms with Gasteiger partial charge in [0.2, 0.25) is 0 Å². The highest BCUT2D eigenvalue weighted by atomic mass is 16.6. The van der Waals surface area contributed by atoms with Crippen molar-refractivity contribution in [1.29, 1.82) is 0 Å². The van der Waals surface area contributed by atoms with Gasteiger partial charge in [0.15, 0.2) is 0 Å². The molecule has 100 valence electrons. The number of Topliss-reactive ketones (excluding diaryl/α,β-unsaturated/α-hetero) is 1. The molecule has 0 radical (unpaired) electrons. The van der Waals surface area contributed by atoms with Gasteiger partial charge in [-0.05, 0) is 33.1 Å². The van der Waals surface area contributed by atoms with Gasteiger partial charge < -0.3 is 10.1 Å². The van der Waals surface area contributed by atoms with E-state index in [1.54, 1.807) is 0 Å². The first-order chi connectivity index (χ1) is 7.74. The summed E-state index contributed by atoms with van der Waals surface area (Å²) in [6.45, 7) is 9.92. The van der Waals surface area contributed by atoms with E-state index < -0.39 is 11.7 Å². The van der Waals surface area contributed by atoms with Crippen LogP contribution >= 0.6 is 0 Å². The van der Waals surface area contributed by atoms with Crippen molar-refractivity contribution in [2.24, 2.45) is 5.92 Å². The summed E-state index contributed by atoms with van der Waals surface area (Å²) in [6, 6.07) is 0. The summed E-state index contributed by atoms with van der Waals surface area (Å²) in [7, 11) is 0. The van der Waals surface area contributed by atoms with Gasteiger partial charge >= 0.3 is 6.09 Å². The third-order valence-corrected chi connectivity index (χ3v) is 2.30. The highest BCUT2D eigenvalue weighted by molar-refractivity contribution is 5.77. The van der Waals surface area contributed by atoms with E-state index in [9.17, 15) is 9.59 Å². The van der Waals surface area contributed by atoms with E-state index in [2.05, 4.69) is 5.32 Å². The average Bonchev–Trinajstić information content (AvgIpc) is 2.20. The zero-order chi connectivity index (χ0) is 13.5. The first-order valence-corrected chi connectivity index (χ1v) is 6.23. The monoisotopic (exact) mass is 243 g/mol. The average molecular weight is 243 g/mol. The molecule has 1 unspecified atom stereocenters. The van der Waals surface area contributed by atoms with Crippen molar-refractivity contribution >= 4 is 11.9 Å². The summed E-state index contributed by atoms with van der Waals surface area (Å²) >= 11 is 0. The topological polar surface area (TPSA) is 55.4 Å². The quantitative estimate of drug-likeness (QED) is 0.780. The Morgan fingerprint density at radius 1 is 1.29 bits per heavy atom. The number of carbonyl (C=O) groups is 2. The van der Waals surface area contributed by atoms with Gasteiger partial charge in [0.1, 0.15) is 11.4 Å². The van der Waals surface area contributed by atoms with Gasteiger partial charge in [-0.2, -0.15) is 0 Å². The van der Waals surface area contributed by atoms with Crippen molar-refractivity contribution in [2.45, 2.75) is 59.5 Å². The van der Waals surface area contributed by atoms with Crippen LogP contribution in [0.2, 0.25) is 0 Å². The Balaban J connectivity index is 3.73. The second kappa shape index (κ2) is 7.30. The number of carbonyl (C=O) groups excluding carboxylic acids is 2. The van der Waals surface area contributed by atoms with E-state index in [1.165, 1.54) is 0 Å². The van der Waals surface area contributed by atoms with Gasteiger partial charge in [-0.3, -0.25) is 4.79 Å². The van der Waals surface area contributed by atoms with Crippen LogP contribution in [0.25, 0.3) is 0 Å². The summed E-state index contributed by atoms with van der Waals surface area (Å²) in [5.74, 6) is 0.562. The second-order valence-electron chi connectivity index (χ2n) is 5.42. The van der Waals surface area contributed by atoms with Crippen molar-refractivity contribution in [3.63, 3.8) is 0 Å². The molecule has 1 N–H and O–H groups in total. The molecule has 4 nitrogen and oxygen atoms in total. The fraction of sp³-hybridized carbons (Fsp3) is 0.846. The number of amides is 1. The third kappa shape index (κ3) is 9.85. The van der Waals surface area contributed by atoms with Gasteiger partial charge in [0, 0.05) is 19.4 Å². The molecular formula is C13H25NO3. The summed E-state index contributed by atoms with van der Waals surface area (Å²) in [6.07, 6.45) is 1.59. The van der Waals surface area contributed by atoms with Gasteiger partial charge in [0.05, 0.1) is 0 Å². The van der Waals surface area contributed by atoms with Crippen LogP contribution in [0, 0.1) is 5.92 Å². The third-order valence-electron chi connectivity index (χ3n) is 2.30. The maximum absolute atomic E-state index is 11.4. The number of alkyl carbamates (subject to hydrolysis) is 1. The van der Waals surface area contributed by atoms with Crippen molar-refractivity contribution < 1.29 is 14.3 Å². The van der Waals surface area contributed by atoms with E-state index >= 15 is 0 Å². The molecule has 0 heterocycles. The van der Waals surface area contributed by atoms with Gasteiger partial charge in [-0.15, -0.1) is 0 Å². The molecule has 0 aromatic rings. The van der Waals surface area contributed by atoms with Gasteiger partial charge in [-0.1, -0.05) is 13.8 Å². The number of ether oxygens (including phenoxy) is 1. The zero-order valence-corrected chi connectivity index (χ0v) is 11.6. The summed E-state index contributed by atoms with van der Waals surface area (Å²) in [5.41, 5.74) is -0.467. The van der Waals surface area contributed by atoms with Crippen LogP contribution in [0.15, 0.2) is 0 Å². The van der Waals surface area contributed by atoms with Crippen LogP contribution in [-0.4, -0.2) is 24.0 Å². The van der Waals surface area contributed by atoms with Crippen molar-refractivity contribution in [3.05, 3.63) is 0 Å². The Morgan fingerprint density at radius 3 is 2.35 bits per heavy atom. The van der Waals surface area contributed by atoms with E-state index in [0.29, 0.717) is 19.4 Å². The molecular weight excluding hydrogens is 218 g/mol. The number of rotatable bonds is 6. The maximum Gasteiger partial charge on any atom is 0.407 e. The van der Waals surface area contributed by atoms with E-state index in [1.807, 2.05) is 34.6 Å². The minimum atomic E-state index is -0.467. The molecule has 0 aliphatic heterocycles.